The molecule has 8 nitrogen and oxygen atoms in total. The van der Waals surface area contributed by atoms with Crippen LogP contribution in [0.25, 0.3) is 0 Å². The highest BCUT2D eigenvalue weighted by atomic mass is 32.2. The van der Waals surface area contributed by atoms with Gasteiger partial charge < -0.3 is 5.11 Å². The Bertz CT molecular complexity index is 673. The van der Waals surface area contributed by atoms with E-state index < -0.39 is 49.9 Å². The van der Waals surface area contributed by atoms with Crippen LogP contribution >= 0.6 is 0 Å². The molecule has 10 heteroatoms. The van der Waals surface area contributed by atoms with Crippen LogP contribution in [0.3, 0.4) is 0 Å². The third-order valence-electron chi connectivity index (χ3n) is 2.59. The monoisotopic (exact) mass is 320 g/mol. The number of carboxylic acids is 1. The number of carbonyl (C=O) groups is 1. The van der Waals surface area contributed by atoms with Crippen molar-refractivity contribution in [2.75, 3.05) is 6.54 Å². The molecule has 0 bridgehead atoms. The second-order valence-electron chi connectivity index (χ2n) is 4.41. The first-order valence-corrected chi connectivity index (χ1v) is 7.19. The third-order valence-corrected chi connectivity index (χ3v) is 4.61. The van der Waals surface area contributed by atoms with Crippen molar-refractivity contribution in [3.63, 3.8) is 0 Å². The van der Waals surface area contributed by atoms with E-state index in [1.54, 1.807) is 0 Å². The average molecular weight is 320 g/mol. The Labute approximate surface area is 120 Å². The Hall–Kier alpha value is -2.07. The minimum Gasteiger partial charge on any atom is -0.480 e. The van der Waals surface area contributed by atoms with Crippen molar-refractivity contribution in [2.24, 2.45) is 0 Å². The van der Waals surface area contributed by atoms with Gasteiger partial charge in [0.25, 0.3) is 0 Å². The van der Waals surface area contributed by atoms with Gasteiger partial charge >= 0.3 is 11.7 Å². The van der Waals surface area contributed by atoms with Crippen molar-refractivity contribution in [1.29, 1.82) is 0 Å². The van der Waals surface area contributed by atoms with Crippen molar-refractivity contribution in [3.05, 3.63) is 34.1 Å². The number of nitrogens with zero attached hydrogens (tertiary/aromatic N) is 2. The molecule has 1 aromatic rings. The Morgan fingerprint density at radius 1 is 1.48 bits per heavy atom. The van der Waals surface area contributed by atoms with Gasteiger partial charge in [0.1, 0.15) is 6.54 Å². The van der Waals surface area contributed by atoms with Gasteiger partial charge in [0.05, 0.1) is 9.82 Å². The zero-order chi connectivity index (χ0) is 16.4. The van der Waals surface area contributed by atoms with Gasteiger partial charge in [-0.2, -0.15) is 8.70 Å². The van der Waals surface area contributed by atoms with Crippen LogP contribution in [0.2, 0.25) is 0 Å². The van der Waals surface area contributed by atoms with Crippen molar-refractivity contribution in [1.82, 2.24) is 4.31 Å². The summed E-state index contributed by atoms with van der Waals surface area (Å²) in [5.74, 6) is -2.67. The average Bonchev–Trinajstić information content (AvgIpc) is 2.34. The molecule has 0 fully saturated rings. The maximum Gasteiger partial charge on any atom is 0.318 e. The molecular formula is C11H13FN2O6S. The van der Waals surface area contributed by atoms with Crippen LogP contribution in [-0.4, -0.2) is 41.3 Å². The van der Waals surface area contributed by atoms with Crippen molar-refractivity contribution >= 4 is 21.7 Å². The van der Waals surface area contributed by atoms with Crippen molar-refractivity contribution in [3.8, 4) is 0 Å². The van der Waals surface area contributed by atoms with E-state index in [-0.39, 0.29) is 0 Å². The largest absolute Gasteiger partial charge is 0.480 e. The number of hydrogen-bond donors (Lipinski definition) is 1. The zero-order valence-electron chi connectivity index (χ0n) is 11.2. The maximum absolute atomic E-state index is 13.5. The van der Waals surface area contributed by atoms with E-state index in [1.807, 2.05) is 0 Å². The Kier molecular flexibility index (Phi) is 4.97. The number of halogens is 1. The summed E-state index contributed by atoms with van der Waals surface area (Å²) in [5.41, 5.74) is -0.858. The number of hydrogen-bond acceptors (Lipinski definition) is 5. The van der Waals surface area contributed by atoms with Crippen LogP contribution in [0.5, 0.6) is 0 Å². The molecule has 0 unspecified atom stereocenters. The van der Waals surface area contributed by atoms with Crippen molar-refractivity contribution in [2.45, 2.75) is 24.8 Å². The first-order valence-electron chi connectivity index (χ1n) is 5.75. The molecule has 0 spiro atoms. The predicted octanol–water partition coefficient (Wildman–Crippen LogP) is 1.22. The first kappa shape index (κ1) is 17.0. The first-order chi connectivity index (χ1) is 9.57. The molecule has 0 aliphatic carbocycles. The van der Waals surface area contributed by atoms with E-state index in [1.165, 1.54) is 13.8 Å². The van der Waals surface area contributed by atoms with E-state index in [4.69, 9.17) is 5.11 Å². The van der Waals surface area contributed by atoms with E-state index in [9.17, 15) is 27.7 Å². The lowest BCUT2D eigenvalue weighted by Crippen LogP contribution is -2.40. The highest BCUT2D eigenvalue weighted by Gasteiger charge is 2.30. The minimum atomic E-state index is -4.27. The lowest BCUT2D eigenvalue weighted by atomic mass is 10.3. The minimum absolute atomic E-state index is 0.505. The van der Waals surface area contributed by atoms with Gasteiger partial charge in [0.2, 0.25) is 15.8 Å². The molecule has 0 saturated heterocycles. The molecule has 1 rings (SSSR count). The molecule has 0 aliphatic heterocycles. The van der Waals surface area contributed by atoms with Crippen LogP contribution in [0.1, 0.15) is 13.8 Å². The second-order valence-corrected chi connectivity index (χ2v) is 6.30. The molecule has 0 saturated carbocycles. The van der Waals surface area contributed by atoms with Crippen LogP contribution < -0.4 is 0 Å². The van der Waals surface area contributed by atoms with E-state index in [0.29, 0.717) is 10.4 Å². The molecule has 116 valence electrons. The number of nitro groups is 1. The normalized spacial score (nSPS) is 11.9. The summed E-state index contributed by atoms with van der Waals surface area (Å²) in [6.07, 6.45) is 0. The molecule has 0 amide bonds. The second kappa shape index (κ2) is 6.14. The standard InChI is InChI=1S/C11H13FN2O6S/c1-7(2)13(6-11(15)16)21(19,20)8-3-4-10(14(17)18)9(12)5-8/h3-5,7H,6H2,1-2H3,(H,15,16). The fraction of sp³-hybridized carbons (Fsp3) is 0.364. The molecule has 0 aliphatic rings. The van der Waals surface area contributed by atoms with Crippen LogP contribution in [0.4, 0.5) is 10.1 Å². The van der Waals surface area contributed by atoms with Crippen molar-refractivity contribution < 1.29 is 27.6 Å². The van der Waals surface area contributed by atoms with Crippen LogP contribution in [-0.2, 0) is 14.8 Å². The molecule has 0 radical (unpaired) electrons. The van der Waals surface area contributed by atoms with E-state index >= 15 is 0 Å². The predicted molar refractivity (Wildman–Crippen MR) is 69.7 cm³/mol. The molecule has 0 aromatic heterocycles. The number of sulfonamides is 1. The highest BCUT2D eigenvalue weighted by molar-refractivity contribution is 7.89. The summed E-state index contributed by atoms with van der Waals surface area (Å²) in [6, 6.07) is 1.42. The van der Waals surface area contributed by atoms with Crippen LogP contribution in [0.15, 0.2) is 23.1 Å². The van der Waals surface area contributed by atoms with Gasteiger partial charge in [-0.25, -0.2) is 8.42 Å². The zero-order valence-corrected chi connectivity index (χ0v) is 12.0. The van der Waals surface area contributed by atoms with E-state index in [0.717, 1.165) is 12.1 Å². The quantitative estimate of drug-likeness (QED) is 0.622. The Morgan fingerprint density at radius 3 is 2.43 bits per heavy atom. The number of benzene rings is 1. The summed E-state index contributed by atoms with van der Waals surface area (Å²) in [5, 5.41) is 19.2. The molecule has 1 N–H and O–H groups in total. The Balaban J connectivity index is 3.32. The maximum atomic E-state index is 13.5. The van der Waals surface area contributed by atoms with Gasteiger partial charge in [0, 0.05) is 18.2 Å². The summed E-state index contributed by atoms with van der Waals surface area (Å²) >= 11 is 0. The topological polar surface area (TPSA) is 118 Å². The number of rotatable bonds is 6. The summed E-state index contributed by atoms with van der Waals surface area (Å²) < 4.78 is 38.7. The SMILES string of the molecule is CC(C)N(CC(=O)O)S(=O)(=O)c1ccc([N+](=O)[O-])c(F)c1. The summed E-state index contributed by atoms with van der Waals surface area (Å²) in [6.45, 7) is 2.13. The number of carboxylic acid groups (broad SMARTS) is 1. The Morgan fingerprint density at radius 2 is 2.05 bits per heavy atom. The fourth-order valence-electron chi connectivity index (χ4n) is 1.61. The van der Waals surface area contributed by atoms with Gasteiger partial charge in [0.15, 0.2) is 0 Å². The molecule has 0 heterocycles. The lowest BCUT2D eigenvalue weighted by Gasteiger charge is -2.24. The van der Waals surface area contributed by atoms with Crippen LogP contribution in [0, 0.1) is 15.9 Å². The van der Waals surface area contributed by atoms with Gasteiger partial charge in [-0.1, -0.05) is 0 Å². The van der Waals surface area contributed by atoms with Gasteiger partial charge in [-0.3, -0.25) is 14.9 Å². The van der Waals surface area contributed by atoms with Gasteiger partial charge in [-0.15, -0.1) is 0 Å². The molecule has 1 aromatic carbocycles. The summed E-state index contributed by atoms with van der Waals surface area (Å²) in [7, 11) is -4.27. The lowest BCUT2D eigenvalue weighted by molar-refractivity contribution is -0.387. The number of aliphatic carboxylic acids is 1. The molecule has 21 heavy (non-hydrogen) atoms. The van der Waals surface area contributed by atoms with Gasteiger partial charge in [-0.05, 0) is 19.9 Å². The third kappa shape index (κ3) is 3.73. The smallest absolute Gasteiger partial charge is 0.318 e. The molecular weight excluding hydrogens is 307 g/mol. The van der Waals surface area contributed by atoms with E-state index in [2.05, 4.69) is 0 Å². The fourth-order valence-corrected chi connectivity index (χ4v) is 3.21. The summed E-state index contributed by atoms with van der Waals surface area (Å²) in [4.78, 5) is 19.7. The molecule has 0 atom stereocenters. The highest BCUT2D eigenvalue weighted by Crippen LogP contribution is 2.24. The number of nitro benzene ring substituents is 1.